The van der Waals surface area contributed by atoms with Crippen molar-refractivity contribution in [1.29, 1.82) is 0 Å². The molecule has 0 aliphatic carbocycles. The normalized spacial score (nSPS) is 10.7. The SMILES string of the molecule is Cc1oc2ccc(OCc3ccncc3)cc2c1C(=O)O. The molecule has 0 atom stereocenters. The first-order chi connectivity index (χ1) is 10.1. The van der Waals surface area contributed by atoms with Crippen molar-refractivity contribution in [2.24, 2.45) is 0 Å². The van der Waals surface area contributed by atoms with E-state index in [1.165, 1.54) is 0 Å². The van der Waals surface area contributed by atoms with Gasteiger partial charge in [0, 0.05) is 17.8 Å². The molecule has 5 nitrogen and oxygen atoms in total. The highest BCUT2D eigenvalue weighted by Gasteiger charge is 2.17. The molecule has 106 valence electrons. The molecule has 0 aliphatic rings. The third-order valence-electron chi connectivity index (χ3n) is 3.20. The molecule has 2 heterocycles. The molecular formula is C16H13NO4. The maximum atomic E-state index is 11.3. The first-order valence-electron chi connectivity index (χ1n) is 6.43. The van der Waals surface area contributed by atoms with Crippen LogP contribution in [0.1, 0.15) is 21.7 Å². The van der Waals surface area contributed by atoms with Gasteiger partial charge in [-0.1, -0.05) is 0 Å². The second-order valence-electron chi connectivity index (χ2n) is 4.64. The van der Waals surface area contributed by atoms with Gasteiger partial charge >= 0.3 is 5.97 Å². The fraction of sp³-hybridized carbons (Fsp3) is 0.125. The lowest BCUT2D eigenvalue weighted by Crippen LogP contribution is -1.98. The number of aromatic nitrogens is 1. The smallest absolute Gasteiger partial charge is 0.339 e. The molecule has 0 saturated carbocycles. The number of nitrogens with zero attached hydrogens (tertiary/aromatic N) is 1. The Bertz CT molecular complexity index is 793. The third kappa shape index (κ3) is 2.58. The van der Waals surface area contributed by atoms with Gasteiger partial charge in [0.15, 0.2) is 0 Å². The third-order valence-corrected chi connectivity index (χ3v) is 3.20. The van der Waals surface area contributed by atoms with E-state index >= 15 is 0 Å². The lowest BCUT2D eigenvalue weighted by molar-refractivity contribution is 0.0697. The molecule has 21 heavy (non-hydrogen) atoms. The summed E-state index contributed by atoms with van der Waals surface area (Å²) in [5.41, 5.74) is 1.72. The average molecular weight is 283 g/mol. The van der Waals surface area contributed by atoms with Crippen molar-refractivity contribution < 1.29 is 19.1 Å². The molecule has 2 aromatic heterocycles. The van der Waals surface area contributed by atoms with Crippen LogP contribution in [-0.2, 0) is 6.61 Å². The van der Waals surface area contributed by atoms with Crippen molar-refractivity contribution in [2.45, 2.75) is 13.5 Å². The van der Waals surface area contributed by atoms with Crippen LogP contribution in [0.3, 0.4) is 0 Å². The van der Waals surface area contributed by atoms with Crippen LogP contribution < -0.4 is 4.74 Å². The van der Waals surface area contributed by atoms with E-state index in [1.54, 1.807) is 37.5 Å². The first kappa shape index (κ1) is 13.2. The molecule has 3 rings (SSSR count). The second kappa shape index (κ2) is 5.28. The number of fused-ring (bicyclic) bond motifs is 1. The molecule has 5 heteroatoms. The van der Waals surface area contributed by atoms with Crippen molar-refractivity contribution in [3.8, 4) is 5.75 Å². The van der Waals surface area contributed by atoms with Crippen molar-refractivity contribution in [3.05, 3.63) is 59.6 Å². The number of carbonyl (C=O) groups is 1. The van der Waals surface area contributed by atoms with E-state index in [0.717, 1.165) is 5.56 Å². The first-order valence-corrected chi connectivity index (χ1v) is 6.43. The minimum Gasteiger partial charge on any atom is -0.489 e. The summed E-state index contributed by atoms with van der Waals surface area (Å²) in [7, 11) is 0. The minimum absolute atomic E-state index is 0.180. The van der Waals surface area contributed by atoms with Crippen molar-refractivity contribution in [2.75, 3.05) is 0 Å². The van der Waals surface area contributed by atoms with E-state index in [4.69, 9.17) is 9.15 Å². The number of carboxylic acids is 1. The summed E-state index contributed by atoms with van der Waals surface area (Å²) in [5, 5.41) is 9.79. The number of rotatable bonds is 4. The van der Waals surface area contributed by atoms with E-state index in [1.807, 2.05) is 12.1 Å². The fourth-order valence-electron chi connectivity index (χ4n) is 2.20. The topological polar surface area (TPSA) is 72.6 Å². The van der Waals surface area contributed by atoms with Crippen molar-refractivity contribution in [3.63, 3.8) is 0 Å². The molecule has 0 saturated heterocycles. The summed E-state index contributed by atoms with van der Waals surface area (Å²) in [6.45, 7) is 2.04. The Hall–Kier alpha value is -2.82. The molecular weight excluding hydrogens is 270 g/mol. The van der Waals surface area contributed by atoms with Gasteiger partial charge in [-0.2, -0.15) is 0 Å². The van der Waals surface area contributed by atoms with Crippen LogP contribution in [0.15, 0.2) is 47.1 Å². The monoisotopic (exact) mass is 283 g/mol. The van der Waals surface area contributed by atoms with E-state index in [2.05, 4.69) is 4.98 Å². The predicted molar refractivity (Wildman–Crippen MR) is 76.5 cm³/mol. The summed E-state index contributed by atoms with van der Waals surface area (Å²) in [5.74, 6) is -0.0103. The summed E-state index contributed by atoms with van der Waals surface area (Å²) < 4.78 is 11.1. The lowest BCUT2D eigenvalue weighted by Gasteiger charge is -2.06. The van der Waals surface area contributed by atoms with Crippen LogP contribution in [0.2, 0.25) is 0 Å². The zero-order chi connectivity index (χ0) is 14.8. The van der Waals surface area contributed by atoms with Crippen LogP contribution in [0.5, 0.6) is 5.75 Å². The summed E-state index contributed by atoms with van der Waals surface area (Å²) in [4.78, 5) is 15.2. The largest absolute Gasteiger partial charge is 0.489 e. The molecule has 1 aromatic carbocycles. The molecule has 0 aliphatic heterocycles. The molecule has 0 unspecified atom stereocenters. The van der Waals surface area contributed by atoms with E-state index in [9.17, 15) is 9.90 Å². The van der Waals surface area contributed by atoms with Gasteiger partial charge in [-0.25, -0.2) is 4.79 Å². The Morgan fingerprint density at radius 3 is 2.76 bits per heavy atom. The number of hydrogen-bond donors (Lipinski definition) is 1. The highest BCUT2D eigenvalue weighted by atomic mass is 16.5. The summed E-state index contributed by atoms with van der Waals surface area (Å²) in [6, 6.07) is 8.90. The molecule has 1 N–H and O–H groups in total. The zero-order valence-corrected chi connectivity index (χ0v) is 11.4. The number of carboxylic acid groups (broad SMARTS) is 1. The van der Waals surface area contributed by atoms with Gasteiger partial charge < -0.3 is 14.3 Å². The Labute approximate surface area is 120 Å². The summed E-state index contributed by atoms with van der Waals surface area (Å²) in [6.07, 6.45) is 3.40. The Balaban J connectivity index is 1.90. The maximum absolute atomic E-state index is 11.3. The van der Waals surface area contributed by atoms with Crippen LogP contribution in [0, 0.1) is 6.92 Å². The second-order valence-corrected chi connectivity index (χ2v) is 4.64. The standard InChI is InChI=1S/C16H13NO4/c1-10-15(16(18)19)13-8-12(2-3-14(13)21-10)20-9-11-4-6-17-7-5-11/h2-8H,9H2,1H3,(H,18,19). The highest BCUT2D eigenvalue weighted by Crippen LogP contribution is 2.29. The number of aromatic carboxylic acids is 1. The van der Waals surface area contributed by atoms with Gasteiger partial charge in [-0.15, -0.1) is 0 Å². The molecule has 0 radical (unpaired) electrons. The van der Waals surface area contributed by atoms with E-state index in [0.29, 0.717) is 29.1 Å². The van der Waals surface area contributed by atoms with Gasteiger partial charge in [-0.05, 0) is 42.8 Å². The van der Waals surface area contributed by atoms with Gasteiger partial charge in [0.25, 0.3) is 0 Å². The highest BCUT2D eigenvalue weighted by molar-refractivity contribution is 6.03. The number of pyridine rings is 1. The predicted octanol–water partition coefficient (Wildman–Crippen LogP) is 3.41. The van der Waals surface area contributed by atoms with Crippen LogP contribution in [0.4, 0.5) is 0 Å². The quantitative estimate of drug-likeness (QED) is 0.794. The molecule has 3 aromatic rings. The maximum Gasteiger partial charge on any atom is 0.339 e. The van der Waals surface area contributed by atoms with Crippen LogP contribution >= 0.6 is 0 Å². The number of furan rings is 1. The minimum atomic E-state index is -1.00. The zero-order valence-electron chi connectivity index (χ0n) is 11.4. The van der Waals surface area contributed by atoms with Crippen molar-refractivity contribution >= 4 is 16.9 Å². The number of hydrogen-bond acceptors (Lipinski definition) is 4. The average Bonchev–Trinajstić information content (AvgIpc) is 2.81. The van der Waals surface area contributed by atoms with Gasteiger partial charge in [0.1, 0.15) is 29.3 Å². The summed E-state index contributed by atoms with van der Waals surface area (Å²) >= 11 is 0. The number of ether oxygens (including phenoxy) is 1. The number of aryl methyl sites for hydroxylation is 1. The fourth-order valence-corrected chi connectivity index (χ4v) is 2.20. The molecule has 0 amide bonds. The van der Waals surface area contributed by atoms with Gasteiger partial charge in [0.2, 0.25) is 0 Å². The number of benzene rings is 1. The van der Waals surface area contributed by atoms with Crippen LogP contribution in [0.25, 0.3) is 11.0 Å². The molecule has 0 spiro atoms. The Morgan fingerprint density at radius 1 is 1.29 bits per heavy atom. The Kier molecular flexibility index (Phi) is 3.31. The van der Waals surface area contributed by atoms with Crippen molar-refractivity contribution in [1.82, 2.24) is 4.98 Å². The van der Waals surface area contributed by atoms with E-state index < -0.39 is 5.97 Å². The van der Waals surface area contributed by atoms with Gasteiger partial charge in [0.05, 0.1) is 0 Å². The van der Waals surface area contributed by atoms with Gasteiger partial charge in [-0.3, -0.25) is 4.98 Å². The Morgan fingerprint density at radius 2 is 2.05 bits per heavy atom. The van der Waals surface area contributed by atoms with Crippen LogP contribution in [-0.4, -0.2) is 16.1 Å². The lowest BCUT2D eigenvalue weighted by atomic mass is 10.1. The molecule has 0 bridgehead atoms. The molecule has 0 fully saturated rings. The van der Waals surface area contributed by atoms with E-state index in [-0.39, 0.29) is 5.56 Å².